The van der Waals surface area contributed by atoms with Crippen LogP contribution >= 0.6 is 0 Å². The molecule has 3 atom stereocenters. The van der Waals surface area contributed by atoms with Gasteiger partial charge in [0.1, 0.15) is 0 Å². The van der Waals surface area contributed by atoms with Crippen LogP contribution in [0.5, 0.6) is 0 Å². The Morgan fingerprint density at radius 2 is 2.14 bits per heavy atom. The van der Waals surface area contributed by atoms with E-state index in [0.29, 0.717) is 10.8 Å². The zero-order chi connectivity index (χ0) is 10.4. The van der Waals surface area contributed by atoms with Gasteiger partial charge >= 0.3 is 97.9 Å². The van der Waals surface area contributed by atoms with Gasteiger partial charge in [-0.25, -0.2) is 0 Å². The molecule has 0 heterocycles. The van der Waals surface area contributed by atoms with Crippen molar-refractivity contribution < 1.29 is 5.11 Å². The summed E-state index contributed by atoms with van der Waals surface area (Å²) >= 11 is 0.167. The van der Waals surface area contributed by atoms with Gasteiger partial charge in [-0.05, 0) is 0 Å². The molecule has 3 unspecified atom stereocenters. The van der Waals surface area contributed by atoms with Gasteiger partial charge in [-0.3, -0.25) is 0 Å². The Hall–Kier alpha value is 0.750. The van der Waals surface area contributed by atoms with Crippen molar-refractivity contribution in [3.05, 3.63) is 0 Å². The molecule has 1 nitrogen and oxygen atoms in total. The van der Waals surface area contributed by atoms with Gasteiger partial charge in [-0.15, -0.1) is 0 Å². The first kappa shape index (κ1) is 11.2. The van der Waals surface area contributed by atoms with Gasteiger partial charge in [-0.1, -0.05) is 0 Å². The van der Waals surface area contributed by atoms with Crippen molar-refractivity contribution in [3.63, 3.8) is 0 Å². The van der Waals surface area contributed by atoms with Gasteiger partial charge in [0.05, 0.1) is 0 Å². The van der Waals surface area contributed by atoms with E-state index >= 15 is 0 Å². The minimum absolute atomic E-state index is 0.0212. The summed E-state index contributed by atoms with van der Waals surface area (Å²) in [6, 6.07) is 0. The second kappa shape index (κ2) is 3.65. The number of hydrogen-bond donors (Lipinski definition) is 1. The van der Waals surface area contributed by atoms with Gasteiger partial charge in [0, 0.05) is 0 Å². The number of rotatable bonds is 3. The van der Waals surface area contributed by atoms with Crippen molar-refractivity contribution in [1.29, 1.82) is 0 Å². The molecule has 0 radical (unpaired) electrons. The molecule has 82 valence electrons. The quantitative estimate of drug-likeness (QED) is 0.795. The summed E-state index contributed by atoms with van der Waals surface area (Å²) in [5, 5.41) is 10.3. The van der Waals surface area contributed by atoms with Crippen LogP contribution in [0.15, 0.2) is 0 Å². The van der Waals surface area contributed by atoms with E-state index in [-0.39, 0.29) is 27.0 Å². The summed E-state index contributed by atoms with van der Waals surface area (Å²) in [5.41, 5.74) is 0.752. The molecule has 0 aromatic carbocycles. The van der Waals surface area contributed by atoms with Crippen molar-refractivity contribution in [2.45, 2.75) is 55.1 Å². The summed E-state index contributed by atoms with van der Waals surface area (Å²) in [5.74, 6) is 0.807. The molecule has 0 spiro atoms. The van der Waals surface area contributed by atoms with Crippen molar-refractivity contribution in [1.82, 2.24) is 0 Å². The zero-order valence-electron chi connectivity index (χ0n) is 9.55. The molecular formula is C12H22OTe. The zero-order valence-corrected chi connectivity index (χ0v) is 11.9. The summed E-state index contributed by atoms with van der Waals surface area (Å²) in [6.07, 6.45) is 3.79. The van der Waals surface area contributed by atoms with Crippen LogP contribution in [-0.2, 0) is 0 Å². The van der Waals surface area contributed by atoms with E-state index in [1.54, 1.807) is 0 Å². The SMILES string of the molecule is CC[Te]CC12CCC(CC1O)C2(C)C. The van der Waals surface area contributed by atoms with E-state index in [2.05, 4.69) is 20.8 Å². The second-order valence-corrected chi connectivity index (χ2v) is 9.14. The van der Waals surface area contributed by atoms with Crippen LogP contribution in [0.3, 0.4) is 0 Å². The van der Waals surface area contributed by atoms with Crippen molar-refractivity contribution in [2.24, 2.45) is 16.7 Å². The maximum atomic E-state index is 10.3. The van der Waals surface area contributed by atoms with Crippen LogP contribution in [0.25, 0.3) is 0 Å². The molecule has 2 aliphatic carbocycles. The minimum atomic E-state index is 0.0212. The van der Waals surface area contributed by atoms with Crippen molar-refractivity contribution in [2.75, 3.05) is 0 Å². The fourth-order valence-electron chi connectivity index (χ4n) is 3.66. The number of aliphatic hydroxyl groups excluding tert-OH is 1. The van der Waals surface area contributed by atoms with Crippen LogP contribution in [0, 0.1) is 16.7 Å². The molecular weight excluding hydrogens is 288 g/mol. The summed E-state index contributed by atoms with van der Waals surface area (Å²) in [4.78, 5) is 0. The van der Waals surface area contributed by atoms with Crippen molar-refractivity contribution >= 4 is 20.9 Å². The van der Waals surface area contributed by atoms with Crippen LogP contribution in [0.1, 0.15) is 40.0 Å². The topological polar surface area (TPSA) is 20.2 Å². The number of aliphatic hydroxyl groups is 1. The van der Waals surface area contributed by atoms with Crippen molar-refractivity contribution in [3.8, 4) is 0 Å². The number of hydrogen-bond acceptors (Lipinski definition) is 1. The molecule has 2 fully saturated rings. The van der Waals surface area contributed by atoms with Gasteiger partial charge in [0.2, 0.25) is 0 Å². The predicted molar refractivity (Wildman–Crippen MR) is 60.6 cm³/mol. The van der Waals surface area contributed by atoms with Gasteiger partial charge in [0.25, 0.3) is 0 Å². The molecule has 2 aliphatic rings. The Bertz CT molecular complexity index is 226. The standard InChI is InChI=1S/C12H22OTe/c1-4-14-8-12-6-5-9(7-10(12)13)11(12,2)3/h9-10,13H,4-8H2,1-3H3. The van der Waals surface area contributed by atoms with Gasteiger partial charge < -0.3 is 0 Å². The van der Waals surface area contributed by atoms with E-state index in [1.165, 1.54) is 21.8 Å². The number of fused-ring (bicyclic) bond motifs is 2. The summed E-state index contributed by atoms with van der Waals surface area (Å²) in [7, 11) is 0. The summed E-state index contributed by atoms with van der Waals surface area (Å²) < 4.78 is 2.76. The van der Waals surface area contributed by atoms with Crippen LogP contribution < -0.4 is 0 Å². The Balaban J connectivity index is 2.21. The third kappa shape index (κ3) is 1.30. The van der Waals surface area contributed by atoms with E-state index in [0.717, 1.165) is 12.3 Å². The molecule has 1 N–H and O–H groups in total. The first-order chi connectivity index (χ1) is 6.54. The molecule has 0 aromatic heterocycles. The average Bonchev–Trinajstić information content (AvgIpc) is 2.48. The Morgan fingerprint density at radius 3 is 2.57 bits per heavy atom. The van der Waals surface area contributed by atoms with Crippen LogP contribution in [0.4, 0.5) is 0 Å². The molecule has 0 aliphatic heterocycles. The van der Waals surface area contributed by atoms with Crippen LogP contribution in [-0.4, -0.2) is 32.1 Å². The van der Waals surface area contributed by atoms with Gasteiger partial charge in [0.15, 0.2) is 0 Å². The summed E-state index contributed by atoms with van der Waals surface area (Å²) in [6.45, 7) is 7.12. The molecule has 2 saturated carbocycles. The maximum absolute atomic E-state index is 10.3. The second-order valence-electron chi connectivity index (χ2n) is 5.50. The first-order valence-corrected chi connectivity index (χ1v) is 9.10. The van der Waals surface area contributed by atoms with E-state index in [4.69, 9.17) is 0 Å². The molecule has 0 aromatic rings. The Labute approximate surface area is 97.7 Å². The Kier molecular flexibility index (Phi) is 2.93. The van der Waals surface area contributed by atoms with E-state index in [9.17, 15) is 5.11 Å². The third-order valence-corrected chi connectivity index (χ3v) is 8.17. The van der Waals surface area contributed by atoms with Gasteiger partial charge in [-0.2, -0.15) is 0 Å². The van der Waals surface area contributed by atoms with E-state index < -0.39 is 0 Å². The first-order valence-electron chi connectivity index (χ1n) is 5.80. The Morgan fingerprint density at radius 1 is 1.43 bits per heavy atom. The molecule has 0 saturated heterocycles. The normalized spacial score (nSPS) is 44.6. The average molecular weight is 310 g/mol. The predicted octanol–water partition coefficient (Wildman–Crippen LogP) is 2.73. The van der Waals surface area contributed by atoms with Crippen LogP contribution in [0.2, 0.25) is 8.94 Å². The molecule has 2 rings (SSSR count). The fraction of sp³-hybridized carbons (Fsp3) is 1.00. The molecule has 0 amide bonds. The monoisotopic (exact) mass is 312 g/mol. The molecule has 14 heavy (non-hydrogen) atoms. The third-order valence-electron chi connectivity index (χ3n) is 4.95. The fourth-order valence-corrected chi connectivity index (χ4v) is 7.31. The molecule has 2 heteroatoms. The molecule has 2 bridgehead atoms. The van der Waals surface area contributed by atoms with E-state index in [1.807, 2.05) is 0 Å².